The number of nitrogens with one attached hydrogen (secondary N) is 1. The number of hydrogen-bond donors (Lipinski definition) is 1. The predicted molar refractivity (Wildman–Crippen MR) is 64.9 cm³/mol. The highest BCUT2D eigenvalue weighted by molar-refractivity contribution is 5.80. The number of carbonyl (C=O) groups is 1. The van der Waals surface area contributed by atoms with E-state index < -0.39 is 0 Å². The van der Waals surface area contributed by atoms with Crippen LogP contribution >= 0.6 is 0 Å². The second kappa shape index (κ2) is 5.07. The number of ether oxygens (including phenoxy) is 1. The average Bonchev–Trinajstić information content (AvgIpc) is 2.80. The Morgan fingerprint density at radius 3 is 3.06 bits per heavy atom. The maximum Gasteiger partial charge on any atom is 0.228 e. The fourth-order valence-electron chi connectivity index (χ4n) is 2.37. The van der Waals surface area contributed by atoms with E-state index in [1.54, 1.807) is 6.20 Å². The summed E-state index contributed by atoms with van der Waals surface area (Å²) in [6.07, 6.45) is 3.72. The maximum atomic E-state index is 12.1. The van der Waals surface area contributed by atoms with E-state index in [-0.39, 0.29) is 17.9 Å². The van der Waals surface area contributed by atoms with Crippen molar-refractivity contribution in [2.45, 2.75) is 12.6 Å². The molecule has 0 saturated carbocycles. The predicted octanol–water partition coefficient (Wildman–Crippen LogP) is -0.670. The Hall–Kier alpha value is -1.40. The van der Waals surface area contributed by atoms with Crippen LogP contribution in [0, 0.1) is 5.92 Å². The Balaban J connectivity index is 1.56. The zero-order chi connectivity index (χ0) is 12.4. The lowest BCUT2D eigenvalue weighted by Crippen LogP contribution is -2.56. The number of hydrogen-bond acceptors (Lipinski definition) is 4. The van der Waals surface area contributed by atoms with Gasteiger partial charge in [-0.1, -0.05) is 0 Å². The highest BCUT2D eigenvalue weighted by atomic mass is 16.5. The molecule has 0 radical (unpaired) electrons. The molecule has 2 saturated heterocycles. The fourth-order valence-corrected chi connectivity index (χ4v) is 2.37. The van der Waals surface area contributed by atoms with Gasteiger partial charge in [-0.15, -0.1) is 0 Å². The second-order valence-electron chi connectivity index (χ2n) is 4.86. The summed E-state index contributed by atoms with van der Waals surface area (Å²) in [7, 11) is 0. The van der Waals surface area contributed by atoms with Crippen LogP contribution in [-0.4, -0.2) is 59.5 Å². The normalized spacial score (nSPS) is 24.9. The third kappa shape index (κ3) is 2.39. The zero-order valence-corrected chi connectivity index (χ0v) is 10.3. The monoisotopic (exact) mass is 250 g/mol. The first-order valence-corrected chi connectivity index (χ1v) is 6.41. The number of carbonyl (C=O) groups excluding carboxylic acids is 1. The number of amides is 1. The minimum absolute atomic E-state index is 0.0515. The summed E-state index contributed by atoms with van der Waals surface area (Å²) in [5.74, 6) is 0.441. The number of rotatable bonds is 3. The van der Waals surface area contributed by atoms with Crippen LogP contribution in [0.15, 0.2) is 18.5 Å². The van der Waals surface area contributed by atoms with E-state index in [2.05, 4.69) is 10.4 Å². The summed E-state index contributed by atoms with van der Waals surface area (Å²) in [6.45, 7) is 4.36. The van der Waals surface area contributed by atoms with E-state index in [1.165, 1.54) is 0 Å². The van der Waals surface area contributed by atoms with Gasteiger partial charge in [0.15, 0.2) is 0 Å². The lowest BCUT2D eigenvalue weighted by molar-refractivity contribution is -0.145. The van der Waals surface area contributed by atoms with Gasteiger partial charge in [0, 0.05) is 38.6 Å². The Kier molecular flexibility index (Phi) is 3.29. The van der Waals surface area contributed by atoms with Crippen LogP contribution in [0.2, 0.25) is 0 Å². The van der Waals surface area contributed by atoms with Gasteiger partial charge in [-0.05, 0) is 6.07 Å². The molecule has 2 aliphatic rings. The fraction of sp³-hybridized carbons (Fsp3) is 0.667. The van der Waals surface area contributed by atoms with Gasteiger partial charge >= 0.3 is 0 Å². The summed E-state index contributed by atoms with van der Waals surface area (Å²) in [6, 6.07) is 1.89. The van der Waals surface area contributed by atoms with Gasteiger partial charge in [0.05, 0.1) is 25.2 Å². The number of aromatic nitrogens is 2. The summed E-state index contributed by atoms with van der Waals surface area (Å²) in [4.78, 5) is 14.1. The molecule has 1 unspecified atom stereocenters. The van der Waals surface area contributed by atoms with E-state index in [4.69, 9.17) is 4.74 Å². The van der Waals surface area contributed by atoms with Crippen molar-refractivity contribution in [3.8, 4) is 0 Å². The zero-order valence-electron chi connectivity index (χ0n) is 10.3. The maximum absolute atomic E-state index is 12.1. The molecule has 3 rings (SSSR count). The smallest absolute Gasteiger partial charge is 0.228 e. The first kappa shape index (κ1) is 11.7. The van der Waals surface area contributed by atoms with Crippen molar-refractivity contribution in [3.05, 3.63) is 18.5 Å². The molecule has 98 valence electrons. The van der Waals surface area contributed by atoms with Crippen LogP contribution in [0.5, 0.6) is 0 Å². The van der Waals surface area contributed by atoms with Crippen molar-refractivity contribution < 1.29 is 9.53 Å². The minimum Gasteiger partial charge on any atom is -0.373 e. The largest absolute Gasteiger partial charge is 0.373 e. The first-order valence-electron chi connectivity index (χ1n) is 6.41. The molecule has 1 N–H and O–H groups in total. The molecule has 0 aliphatic carbocycles. The van der Waals surface area contributed by atoms with Crippen molar-refractivity contribution in [1.82, 2.24) is 20.0 Å². The molecular formula is C12H18N4O2. The summed E-state index contributed by atoms with van der Waals surface area (Å²) >= 11 is 0. The van der Waals surface area contributed by atoms with Crippen LogP contribution in [0.4, 0.5) is 0 Å². The molecule has 6 heteroatoms. The number of nitrogens with zero attached hydrogens (tertiary/aromatic N) is 3. The standard InChI is InChI=1S/C12H18N4O2/c17-12(10-6-13-7-10)15-4-5-18-11(8-15)9-16-3-1-2-14-16/h1-3,10-11,13H,4-9H2. The van der Waals surface area contributed by atoms with Gasteiger partial charge in [-0.3, -0.25) is 9.48 Å². The van der Waals surface area contributed by atoms with Crippen LogP contribution < -0.4 is 5.32 Å². The molecule has 3 heterocycles. The summed E-state index contributed by atoms with van der Waals surface area (Å²) < 4.78 is 7.54. The van der Waals surface area contributed by atoms with Gasteiger partial charge in [-0.25, -0.2) is 0 Å². The van der Waals surface area contributed by atoms with Crippen LogP contribution in [0.3, 0.4) is 0 Å². The molecule has 2 aliphatic heterocycles. The van der Waals surface area contributed by atoms with E-state index in [9.17, 15) is 4.79 Å². The highest BCUT2D eigenvalue weighted by Gasteiger charge is 2.32. The molecule has 1 atom stereocenters. The molecule has 6 nitrogen and oxygen atoms in total. The van der Waals surface area contributed by atoms with Crippen molar-refractivity contribution >= 4 is 5.91 Å². The average molecular weight is 250 g/mol. The SMILES string of the molecule is O=C(C1CNC1)N1CCOC(Cn2cccn2)C1. The van der Waals surface area contributed by atoms with Gasteiger partial charge < -0.3 is 15.0 Å². The van der Waals surface area contributed by atoms with Crippen molar-refractivity contribution in [1.29, 1.82) is 0 Å². The van der Waals surface area contributed by atoms with Gasteiger partial charge in [0.25, 0.3) is 0 Å². The quantitative estimate of drug-likeness (QED) is 0.773. The molecule has 0 spiro atoms. The van der Waals surface area contributed by atoms with Crippen molar-refractivity contribution in [2.24, 2.45) is 5.92 Å². The molecule has 18 heavy (non-hydrogen) atoms. The molecule has 0 bridgehead atoms. The van der Waals surface area contributed by atoms with Crippen molar-refractivity contribution in [3.63, 3.8) is 0 Å². The van der Waals surface area contributed by atoms with E-state index in [1.807, 2.05) is 21.8 Å². The third-order valence-electron chi connectivity index (χ3n) is 3.53. The van der Waals surface area contributed by atoms with E-state index >= 15 is 0 Å². The molecule has 2 fully saturated rings. The van der Waals surface area contributed by atoms with Crippen LogP contribution in [-0.2, 0) is 16.1 Å². The molecular weight excluding hydrogens is 232 g/mol. The summed E-state index contributed by atoms with van der Waals surface area (Å²) in [5.41, 5.74) is 0. The Labute approximate surface area is 106 Å². The van der Waals surface area contributed by atoms with Crippen LogP contribution in [0.1, 0.15) is 0 Å². The van der Waals surface area contributed by atoms with E-state index in [0.29, 0.717) is 26.2 Å². The molecule has 1 aromatic rings. The topological polar surface area (TPSA) is 59.4 Å². The van der Waals surface area contributed by atoms with Gasteiger partial charge in [0.1, 0.15) is 0 Å². The molecule has 1 amide bonds. The van der Waals surface area contributed by atoms with Crippen LogP contribution in [0.25, 0.3) is 0 Å². The second-order valence-corrected chi connectivity index (χ2v) is 4.86. The third-order valence-corrected chi connectivity index (χ3v) is 3.53. The molecule has 1 aromatic heterocycles. The van der Waals surface area contributed by atoms with Gasteiger partial charge in [-0.2, -0.15) is 5.10 Å². The van der Waals surface area contributed by atoms with E-state index in [0.717, 1.165) is 13.1 Å². The highest BCUT2D eigenvalue weighted by Crippen LogP contribution is 2.13. The van der Waals surface area contributed by atoms with Gasteiger partial charge in [0.2, 0.25) is 5.91 Å². The first-order chi connectivity index (χ1) is 8.83. The Morgan fingerprint density at radius 1 is 1.50 bits per heavy atom. The Morgan fingerprint density at radius 2 is 2.39 bits per heavy atom. The lowest BCUT2D eigenvalue weighted by atomic mass is 10.0. The Bertz CT molecular complexity index is 402. The summed E-state index contributed by atoms with van der Waals surface area (Å²) in [5, 5.41) is 7.30. The number of morpholine rings is 1. The molecule has 0 aromatic carbocycles. The minimum atomic E-state index is 0.0515. The lowest BCUT2D eigenvalue weighted by Gasteiger charge is -2.37. The van der Waals surface area contributed by atoms with Crippen molar-refractivity contribution in [2.75, 3.05) is 32.8 Å².